The summed E-state index contributed by atoms with van der Waals surface area (Å²) in [5.74, 6) is 0.119. The number of hydrogen-bond acceptors (Lipinski definition) is 4. The van der Waals surface area contributed by atoms with Crippen LogP contribution in [0.3, 0.4) is 0 Å². The zero-order valence-electron chi connectivity index (χ0n) is 15.1. The Balaban J connectivity index is 2.48. The third-order valence-electron chi connectivity index (χ3n) is 3.99. The standard InChI is InChI=1S/C17H25ClN4O2/c1-7-17(6,24)9-12(23)20-15-19-11-8-10(2)13(18)21-14(11)22(15)16(3,4)5/h8,24H,7,9H2,1-6H3,(H,19,20,23). The van der Waals surface area contributed by atoms with E-state index < -0.39 is 5.60 Å². The fraction of sp³-hybridized carbons (Fsp3) is 0.588. The SMILES string of the molecule is CCC(C)(O)CC(=O)Nc1nc2cc(C)c(Cl)nc2n1C(C)(C)C. The van der Waals surface area contributed by atoms with E-state index in [0.717, 1.165) is 5.56 Å². The largest absolute Gasteiger partial charge is 0.390 e. The monoisotopic (exact) mass is 352 g/mol. The van der Waals surface area contributed by atoms with Crippen molar-refractivity contribution >= 4 is 34.6 Å². The molecule has 1 amide bonds. The lowest BCUT2D eigenvalue weighted by Crippen LogP contribution is -2.32. The van der Waals surface area contributed by atoms with Crippen molar-refractivity contribution in [3.63, 3.8) is 0 Å². The Morgan fingerprint density at radius 3 is 2.50 bits per heavy atom. The zero-order valence-corrected chi connectivity index (χ0v) is 15.8. The summed E-state index contributed by atoms with van der Waals surface area (Å²) in [6, 6.07) is 1.85. The van der Waals surface area contributed by atoms with Crippen molar-refractivity contribution in [2.75, 3.05) is 5.32 Å². The number of amides is 1. The number of hydrogen-bond donors (Lipinski definition) is 2. The van der Waals surface area contributed by atoms with E-state index in [0.29, 0.717) is 28.7 Å². The maximum Gasteiger partial charge on any atom is 0.229 e. The maximum atomic E-state index is 12.3. The molecule has 7 heteroatoms. The maximum absolute atomic E-state index is 12.3. The molecule has 132 valence electrons. The van der Waals surface area contributed by atoms with Crippen molar-refractivity contribution in [2.24, 2.45) is 0 Å². The summed E-state index contributed by atoms with van der Waals surface area (Å²) < 4.78 is 1.85. The van der Waals surface area contributed by atoms with Gasteiger partial charge in [-0.3, -0.25) is 14.7 Å². The van der Waals surface area contributed by atoms with Gasteiger partial charge >= 0.3 is 0 Å². The molecule has 0 aliphatic carbocycles. The van der Waals surface area contributed by atoms with Crippen molar-refractivity contribution in [2.45, 2.75) is 65.5 Å². The molecule has 2 heterocycles. The molecule has 2 aromatic heterocycles. The van der Waals surface area contributed by atoms with Gasteiger partial charge in [-0.15, -0.1) is 0 Å². The van der Waals surface area contributed by atoms with Gasteiger partial charge in [-0.05, 0) is 52.7 Å². The van der Waals surface area contributed by atoms with Crippen LogP contribution in [0.5, 0.6) is 0 Å². The van der Waals surface area contributed by atoms with E-state index in [4.69, 9.17) is 11.6 Å². The Kier molecular flexibility index (Phi) is 4.93. The van der Waals surface area contributed by atoms with E-state index in [1.165, 1.54) is 0 Å². The van der Waals surface area contributed by atoms with Crippen LogP contribution in [0, 0.1) is 6.92 Å². The number of nitrogens with one attached hydrogen (secondary N) is 1. The highest BCUT2D eigenvalue weighted by molar-refractivity contribution is 6.30. The molecule has 1 atom stereocenters. The number of imidazole rings is 1. The summed E-state index contributed by atoms with van der Waals surface area (Å²) in [6.45, 7) is 11.3. The number of carbonyl (C=O) groups is 1. The van der Waals surface area contributed by atoms with Crippen LogP contribution in [0.1, 0.15) is 53.0 Å². The number of aromatic nitrogens is 3. The van der Waals surface area contributed by atoms with Crippen LogP contribution in [0.4, 0.5) is 5.95 Å². The predicted molar refractivity (Wildman–Crippen MR) is 96.4 cm³/mol. The van der Waals surface area contributed by atoms with E-state index in [2.05, 4.69) is 15.3 Å². The molecule has 0 bridgehead atoms. The molecule has 0 radical (unpaired) electrons. The van der Waals surface area contributed by atoms with Gasteiger partial charge in [0.05, 0.1) is 12.0 Å². The Hall–Kier alpha value is -1.66. The number of nitrogens with zero attached hydrogens (tertiary/aromatic N) is 3. The number of aryl methyl sites for hydroxylation is 1. The first-order chi connectivity index (χ1) is 10.9. The first-order valence-corrected chi connectivity index (χ1v) is 8.41. The molecular weight excluding hydrogens is 328 g/mol. The lowest BCUT2D eigenvalue weighted by Gasteiger charge is -2.25. The molecular formula is C17H25ClN4O2. The van der Waals surface area contributed by atoms with Gasteiger partial charge in [-0.1, -0.05) is 18.5 Å². The number of pyridine rings is 1. The van der Waals surface area contributed by atoms with Crippen LogP contribution in [-0.2, 0) is 10.3 Å². The lowest BCUT2D eigenvalue weighted by molar-refractivity contribution is -0.120. The van der Waals surface area contributed by atoms with E-state index in [9.17, 15) is 9.90 Å². The van der Waals surface area contributed by atoms with Gasteiger partial charge < -0.3 is 5.11 Å². The predicted octanol–water partition coefficient (Wildman–Crippen LogP) is 3.64. The molecule has 0 saturated carbocycles. The van der Waals surface area contributed by atoms with E-state index >= 15 is 0 Å². The fourth-order valence-corrected chi connectivity index (χ4v) is 2.57. The number of rotatable bonds is 4. The van der Waals surface area contributed by atoms with Gasteiger partial charge in [-0.25, -0.2) is 9.97 Å². The molecule has 0 aromatic carbocycles. The molecule has 0 spiro atoms. The van der Waals surface area contributed by atoms with E-state index in [-0.39, 0.29) is 17.9 Å². The van der Waals surface area contributed by atoms with Crippen LogP contribution >= 0.6 is 11.6 Å². The number of anilines is 1. The molecule has 2 N–H and O–H groups in total. The van der Waals surface area contributed by atoms with E-state index in [1.54, 1.807) is 6.92 Å². The number of carbonyl (C=O) groups excluding carboxylic acids is 1. The van der Waals surface area contributed by atoms with Gasteiger partial charge in [0.1, 0.15) is 10.7 Å². The summed E-state index contributed by atoms with van der Waals surface area (Å²) >= 11 is 6.16. The minimum Gasteiger partial charge on any atom is -0.390 e. The minimum atomic E-state index is -1.04. The Morgan fingerprint density at radius 1 is 1.33 bits per heavy atom. The number of halogens is 1. The summed E-state index contributed by atoms with van der Waals surface area (Å²) in [6.07, 6.45) is 0.497. The number of aliphatic hydroxyl groups is 1. The van der Waals surface area contributed by atoms with Crippen LogP contribution < -0.4 is 5.32 Å². The minimum absolute atomic E-state index is 0.00403. The van der Waals surface area contributed by atoms with Gasteiger partial charge in [-0.2, -0.15) is 0 Å². The Bertz CT molecular complexity index is 775. The lowest BCUT2D eigenvalue weighted by atomic mass is 9.99. The molecule has 6 nitrogen and oxygen atoms in total. The van der Waals surface area contributed by atoms with Crippen molar-refractivity contribution in [3.8, 4) is 0 Å². The number of fused-ring (bicyclic) bond motifs is 1. The Morgan fingerprint density at radius 2 is 1.96 bits per heavy atom. The quantitative estimate of drug-likeness (QED) is 0.823. The summed E-state index contributed by atoms with van der Waals surface area (Å²) in [5, 5.41) is 13.3. The average molecular weight is 353 g/mol. The first-order valence-electron chi connectivity index (χ1n) is 8.03. The molecule has 1 unspecified atom stereocenters. The third kappa shape index (κ3) is 3.87. The molecule has 24 heavy (non-hydrogen) atoms. The third-order valence-corrected chi connectivity index (χ3v) is 4.37. The molecule has 0 aliphatic heterocycles. The second kappa shape index (κ2) is 6.33. The first kappa shape index (κ1) is 18.7. The van der Waals surface area contributed by atoms with Crippen molar-refractivity contribution in [3.05, 3.63) is 16.8 Å². The average Bonchev–Trinajstić information content (AvgIpc) is 2.75. The second-order valence-electron chi connectivity index (χ2n) is 7.46. The normalized spacial score (nSPS) is 14.7. The Labute approximate surface area is 147 Å². The van der Waals surface area contributed by atoms with Crippen LogP contribution in [0.15, 0.2) is 6.07 Å². The second-order valence-corrected chi connectivity index (χ2v) is 7.81. The van der Waals surface area contributed by atoms with Crippen LogP contribution in [0.25, 0.3) is 11.2 Å². The molecule has 2 aromatic rings. The van der Waals surface area contributed by atoms with Gasteiger partial charge in [0.25, 0.3) is 0 Å². The zero-order chi connectivity index (χ0) is 18.3. The van der Waals surface area contributed by atoms with Crippen LogP contribution in [0.2, 0.25) is 5.15 Å². The van der Waals surface area contributed by atoms with Crippen LogP contribution in [-0.4, -0.2) is 31.1 Å². The van der Waals surface area contributed by atoms with Gasteiger partial charge in [0.15, 0.2) is 5.65 Å². The highest BCUT2D eigenvalue weighted by Gasteiger charge is 2.27. The summed E-state index contributed by atoms with van der Waals surface area (Å²) in [4.78, 5) is 21.2. The van der Waals surface area contributed by atoms with Gasteiger partial charge in [0, 0.05) is 5.54 Å². The topological polar surface area (TPSA) is 80.0 Å². The van der Waals surface area contributed by atoms with Gasteiger partial charge in [0.2, 0.25) is 11.9 Å². The van der Waals surface area contributed by atoms with Crippen molar-refractivity contribution in [1.29, 1.82) is 0 Å². The highest BCUT2D eigenvalue weighted by atomic mass is 35.5. The smallest absolute Gasteiger partial charge is 0.229 e. The molecule has 0 saturated heterocycles. The molecule has 2 rings (SSSR count). The highest BCUT2D eigenvalue weighted by Crippen LogP contribution is 2.29. The molecule has 0 aliphatic rings. The summed E-state index contributed by atoms with van der Waals surface area (Å²) in [5.41, 5.74) is 0.728. The fourth-order valence-electron chi connectivity index (χ4n) is 2.44. The van der Waals surface area contributed by atoms with Crippen molar-refractivity contribution < 1.29 is 9.90 Å². The van der Waals surface area contributed by atoms with Crippen molar-refractivity contribution in [1.82, 2.24) is 14.5 Å². The summed E-state index contributed by atoms with van der Waals surface area (Å²) in [7, 11) is 0. The molecule has 0 fully saturated rings. The van der Waals surface area contributed by atoms with E-state index in [1.807, 2.05) is 45.3 Å².